The van der Waals surface area contributed by atoms with Crippen molar-refractivity contribution < 1.29 is 9.53 Å². The summed E-state index contributed by atoms with van der Waals surface area (Å²) in [5, 5.41) is 1.21. The van der Waals surface area contributed by atoms with E-state index in [1.54, 1.807) is 0 Å². The van der Waals surface area contributed by atoms with Crippen LogP contribution in [0.4, 0.5) is 0 Å². The Bertz CT molecular complexity index is 1350. The number of hydrogen-bond acceptors (Lipinski definition) is 4. The number of rotatable bonds is 9. The van der Waals surface area contributed by atoms with E-state index >= 15 is 0 Å². The Morgan fingerprint density at radius 1 is 0.974 bits per heavy atom. The normalized spacial score (nSPS) is 15.7. The number of carbonyl (C=O) groups is 1. The summed E-state index contributed by atoms with van der Waals surface area (Å²) in [6, 6.07) is 27.0. The molecule has 0 spiro atoms. The molecule has 5 nitrogen and oxygen atoms in total. The minimum atomic E-state index is 0.142. The predicted octanol–water partition coefficient (Wildman–Crippen LogP) is 6.64. The number of pyridine rings is 1. The maximum Gasteiger partial charge on any atom is 0.254 e. The number of piperidine rings is 1. The lowest BCUT2D eigenvalue weighted by molar-refractivity contribution is 0.0580. The Kier molecular flexibility index (Phi) is 8.34. The van der Waals surface area contributed by atoms with Crippen LogP contribution in [0.15, 0.2) is 85.1 Å². The molecule has 0 saturated carbocycles. The largest absolute Gasteiger partial charge is 0.494 e. The van der Waals surface area contributed by atoms with Crippen LogP contribution in [0.2, 0.25) is 0 Å². The van der Waals surface area contributed by atoms with E-state index < -0.39 is 0 Å². The molecule has 1 aliphatic heterocycles. The van der Waals surface area contributed by atoms with Gasteiger partial charge >= 0.3 is 0 Å². The Morgan fingerprint density at radius 2 is 1.79 bits per heavy atom. The number of likely N-dealkylation sites (tertiary alicyclic amines) is 1. The van der Waals surface area contributed by atoms with Crippen molar-refractivity contribution in [2.75, 3.05) is 20.2 Å². The summed E-state index contributed by atoms with van der Waals surface area (Å²) in [5.41, 5.74) is 5.53. The molecule has 4 aromatic rings. The molecule has 1 saturated heterocycles. The number of amides is 1. The zero-order valence-corrected chi connectivity index (χ0v) is 22.5. The summed E-state index contributed by atoms with van der Waals surface area (Å²) >= 11 is 0. The summed E-state index contributed by atoms with van der Waals surface area (Å²) < 4.78 is 6.10. The molecule has 0 radical (unpaired) electrons. The third kappa shape index (κ3) is 6.40. The highest BCUT2D eigenvalue weighted by Gasteiger charge is 2.27. The lowest BCUT2D eigenvalue weighted by Crippen LogP contribution is -2.44. The van der Waals surface area contributed by atoms with Gasteiger partial charge in [-0.25, -0.2) is 0 Å². The number of aromatic nitrogens is 1. The van der Waals surface area contributed by atoms with Crippen LogP contribution in [0.3, 0.4) is 0 Å². The molecule has 0 bridgehead atoms. The molecule has 1 fully saturated rings. The number of aryl methyl sites for hydroxylation is 1. The second-order valence-corrected chi connectivity index (χ2v) is 10.5. The van der Waals surface area contributed by atoms with E-state index in [1.165, 1.54) is 28.5 Å². The fraction of sp³-hybridized carbons (Fsp3) is 0.333. The third-order valence-electron chi connectivity index (χ3n) is 7.46. The van der Waals surface area contributed by atoms with Crippen LogP contribution in [0, 0.1) is 6.92 Å². The van der Waals surface area contributed by atoms with Crippen LogP contribution in [0.5, 0.6) is 5.75 Å². The Balaban J connectivity index is 1.12. The van der Waals surface area contributed by atoms with Crippen molar-refractivity contribution in [1.82, 2.24) is 14.8 Å². The van der Waals surface area contributed by atoms with Crippen LogP contribution >= 0.6 is 0 Å². The summed E-state index contributed by atoms with van der Waals surface area (Å²) in [6.45, 7) is 5.20. The first-order valence-electron chi connectivity index (χ1n) is 13.7. The number of benzene rings is 3. The molecule has 1 aliphatic rings. The number of hydrogen-bond donors (Lipinski definition) is 0. The van der Waals surface area contributed by atoms with Gasteiger partial charge in [-0.2, -0.15) is 0 Å². The minimum absolute atomic E-state index is 0.142. The highest BCUT2D eigenvalue weighted by molar-refractivity contribution is 5.94. The number of ether oxygens (including phenoxy) is 1. The maximum atomic E-state index is 13.1. The SMILES string of the molecule is Cc1ccc(C(=O)N2CCCC[C@H]2CCOc2ccc(CN(C)Cc3cccc4ncccc34)cc2)cc1. The van der Waals surface area contributed by atoms with Gasteiger partial charge in [0.15, 0.2) is 0 Å². The molecule has 38 heavy (non-hydrogen) atoms. The monoisotopic (exact) mass is 507 g/mol. The van der Waals surface area contributed by atoms with E-state index in [-0.39, 0.29) is 11.9 Å². The van der Waals surface area contributed by atoms with Crippen LogP contribution in [0.1, 0.15) is 52.7 Å². The van der Waals surface area contributed by atoms with Gasteiger partial charge in [0.25, 0.3) is 5.91 Å². The molecule has 5 heteroatoms. The first kappa shape index (κ1) is 25.9. The molecule has 0 N–H and O–H groups in total. The molecule has 196 valence electrons. The quantitative estimate of drug-likeness (QED) is 0.255. The Hall–Kier alpha value is -3.70. The van der Waals surface area contributed by atoms with Crippen LogP contribution in [-0.2, 0) is 13.1 Å². The number of nitrogens with zero attached hydrogens (tertiary/aromatic N) is 3. The summed E-state index contributed by atoms with van der Waals surface area (Å²) in [7, 11) is 2.15. The molecule has 1 amide bonds. The van der Waals surface area contributed by atoms with Gasteiger partial charge < -0.3 is 9.64 Å². The first-order valence-corrected chi connectivity index (χ1v) is 13.7. The van der Waals surface area contributed by atoms with E-state index in [9.17, 15) is 4.79 Å². The highest BCUT2D eigenvalue weighted by atomic mass is 16.5. The van der Waals surface area contributed by atoms with Crippen molar-refractivity contribution in [2.24, 2.45) is 0 Å². The molecule has 5 rings (SSSR count). The fourth-order valence-corrected chi connectivity index (χ4v) is 5.40. The smallest absolute Gasteiger partial charge is 0.254 e. The number of fused-ring (bicyclic) bond motifs is 1. The van der Waals surface area contributed by atoms with Gasteiger partial charge in [0.2, 0.25) is 0 Å². The summed E-state index contributed by atoms with van der Waals surface area (Å²) in [5.74, 6) is 1.02. The van der Waals surface area contributed by atoms with Crippen molar-refractivity contribution >= 4 is 16.8 Å². The van der Waals surface area contributed by atoms with Crippen LogP contribution in [0.25, 0.3) is 10.9 Å². The lowest BCUT2D eigenvalue weighted by atomic mass is 9.98. The third-order valence-corrected chi connectivity index (χ3v) is 7.46. The van der Waals surface area contributed by atoms with Crippen molar-refractivity contribution in [1.29, 1.82) is 0 Å². The molecule has 1 aromatic heterocycles. The summed E-state index contributed by atoms with van der Waals surface area (Å²) in [6.07, 6.45) is 5.97. The molecule has 1 atom stereocenters. The van der Waals surface area contributed by atoms with Gasteiger partial charge in [-0.1, -0.05) is 48.0 Å². The topological polar surface area (TPSA) is 45.7 Å². The van der Waals surface area contributed by atoms with Crippen molar-refractivity contribution in [2.45, 2.75) is 51.7 Å². The second kappa shape index (κ2) is 12.2. The minimum Gasteiger partial charge on any atom is -0.494 e. The van der Waals surface area contributed by atoms with Crippen molar-refractivity contribution in [3.05, 3.63) is 107 Å². The maximum absolute atomic E-state index is 13.1. The van der Waals surface area contributed by atoms with Gasteiger partial charge in [0, 0.05) is 49.2 Å². The van der Waals surface area contributed by atoms with Crippen LogP contribution in [-0.4, -0.2) is 46.9 Å². The highest BCUT2D eigenvalue weighted by Crippen LogP contribution is 2.24. The van der Waals surface area contributed by atoms with Crippen molar-refractivity contribution in [3.63, 3.8) is 0 Å². The predicted molar refractivity (Wildman–Crippen MR) is 153 cm³/mol. The van der Waals surface area contributed by atoms with E-state index in [2.05, 4.69) is 70.4 Å². The van der Waals surface area contributed by atoms with E-state index in [0.29, 0.717) is 6.61 Å². The lowest BCUT2D eigenvalue weighted by Gasteiger charge is -2.36. The average Bonchev–Trinajstić information content (AvgIpc) is 2.94. The molecule has 0 unspecified atom stereocenters. The van der Waals surface area contributed by atoms with E-state index in [4.69, 9.17) is 4.74 Å². The van der Waals surface area contributed by atoms with Gasteiger partial charge in [0.05, 0.1) is 12.1 Å². The zero-order valence-electron chi connectivity index (χ0n) is 22.5. The zero-order chi connectivity index (χ0) is 26.3. The van der Waals surface area contributed by atoms with Crippen molar-refractivity contribution in [3.8, 4) is 5.75 Å². The first-order chi connectivity index (χ1) is 18.6. The van der Waals surface area contributed by atoms with Gasteiger partial charge in [-0.3, -0.25) is 14.7 Å². The van der Waals surface area contributed by atoms with Crippen LogP contribution < -0.4 is 4.74 Å². The second-order valence-electron chi connectivity index (χ2n) is 10.5. The fourth-order valence-electron chi connectivity index (χ4n) is 5.40. The summed E-state index contributed by atoms with van der Waals surface area (Å²) in [4.78, 5) is 22.0. The molecule has 0 aliphatic carbocycles. The molecule has 3 aromatic carbocycles. The Morgan fingerprint density at radius 3 is 2.61 bits per heavy atom. The molecular weight excluding hydrogens is 470 g/mol. The molecular formula is C33H37N3O2. The van der Waals surface area contributed by atoms with E-state index in [1.807, 2.05) is 43.5 Å². The number of carbonyl (C=O) groups excluding carboxylic acids is 1. The Labute approximate surface area is 226 Å². The molecule has 2 heterocycles. The van der Waals surface area contributed by atoms with E-state index in [0.717, 1.165) is 55.7 Å². The van der Waals surface area contributed by atoms with Gasteiger partial charge in [-0.05, 0) is 80.8 Å². The average molecular weight is 508 g/mol. The van der Waals surface area contributed by atoms with Gasteiger partial charge in [-0.15, -0.1) is 0 Å². The standard InChI is InChI=1S/C33H37N3O2/c1-25-11-15-27(16-12-25)33(37)36-21-4-3-8-29(36)19-22-38-30-17-13-26(14-18-30)23-35(2)24-28-7-5-10-32-31(28)9-6-20-34-32/h5-7,9-18,20,29H,3-4,8,19,21-24H2,1-2H3/t29-/m0/s1. The van der Waals surface area contributed by atoms with Gasteiger partial charge in [0.1, 0.15) is 5.75 Å².